The van der Waals surface area contributed by atoms with Gasteiger partial charge in [-0.25, -0.2) is 9.38 Å². The van der Waals surface area contributed by atoms with Crippen molar-refractivity contribution >= 4 is 23.6 Å². The largest absolute Gasteiger partial charge is 0.387 e. The van der Waals surface area contributed by atoms with Crippen LogP contribution in [0.1, 0.15) is 50.0 Å². The second kappa shape index (κ2) is 10.4. The summed E-state index contributed by atoms with van der Waals surface area (Å²) in [5.74, 6) is -0.0269. The van der Waals surface area contributed by atoms with Crippen molar-refractivity contribution in [1.82, 2.24) is 0 Å². The lowest BCUT2D eigenvalue weighted by atomic mass is 10.00. The molecule has 1 amide bonds. The number of amides is 1. The predicted octanol–water partition coefficient (Wildman–Crippen LogP) is 4.85. The van der Waals surface area contributed by atoms with Crippen LogP contribution in [0.25, 0.3) is 10.4 Å². The number of nitriles is 1. The zero-order chi connectivity index (χ0) is 18.8. The van der Waals surface area contributed by atoms with Gasteiger partial charge >= 0.3 is 0 Å². The molecule has 0 aliphatic carbocycles. The highest BCUT2D eigenvalue weighted by atomic mass is 32.1. The van der Waals surface area contributed by atoms with Gasteiger partial charge in [0.25, 0.3) is 0 Å². The monoisotopic (exact) mass is 359 g/mol. The molecule has 0 fully saturated rings. The quantitative estimate of drug-likeness (QED) is 0.455. The van der Waals surface area contributed by atoms with E-state index >= 15 is 0 Å². The van der Waals surface area contributed by atoms with Crippen LogP contribution in [-0.4, -0.2) is 12.2 Å². The zero-order valence-corrected chi connectivity index (χ0v) is 15.4. The normalized spacial score (nSPS) is 11.9. The van der Waals surface area contributed by atoms with Crippen molar-refractivity contribution < 1.29 is 9.18 Å². The van der Waals surface area contributed by atoms with Crippen LogP contribution < -0.4 is 5.73 Å². The lowest BCUT2D eigenvalue weighted by molar-refractivity contribution is -0.106. The van der Waals surface area contributed by atoms with Gasteiger partial charge in [0.2, 0.25) is 6.41 Å². The van der Waals surface area contributed by atoms with Crippen LogP contribution >= 0.6 is 11.3 Å². The average molecular weight is 359 g/mol. The molecule has 2 aromatic rings. The van der Waals surface area contributed by atoms with Crippen molar-refractivity contribution in [2.45, 2.75) is 39.5 Å². The summed E-state index contributed by atoms with van der Waals surface area (Å²) in [6.45, 7) is 6.05. The van der Waals surface area contributed by atoms with E-state index in [0.717, 1.165) is 21.7 Å². The smallest absolute Gasteiger partial charge is 0.234 e. The van der Waals surface area contributed by atoms with E-state index in [1.54, 1.807) is 23.5 Å². The highest BCUT2D eigenvalue weighted by molar-refractivity contribution is 7.15. The topological polar surface area (TPSA) is 79.2 Å². The molecule has 0 saturated heterocycles. The first-order valence-electron chi connectivity index (χ1n) is 8.14. The van der Waals surface area contributed by atoms with E-state index in [2.05, 4.69) is 4.99 Å². The van der Waals surface area contributed by atoms with Crippen LogP contribution in [0.15, 0.2) is 35.3 Å². The van der Waals surface area contributed by atoms with E-state index in [1.165, 1.54) is 6.07 Å². The molecule has 0 spiro atoms. The number of thiophene rings is 1. The molecule has 0 bridgehead atoms. The van der Waals surface area contributed by atoms with E-state index in [-0.39, 0.29) is 11.5 Å². The summed E-state index contributed by atoms with van der Waals surface area (Å²) in [7, 11) is 0. The number of nitrogens with zero attached hydrogens (tertiary/aromatic N) is 2. The van der Waals surface area contributed by atoms with Crippen LogP contribution in [0.4, 0.5) is 4.39 Å². The van der Waals surface area contributed by atoms with E-state index in [4.69, 9.17) is 11.0 Å². The molecule has 1 aromatic heterocycles. The van der Waals surface area contributed by atoms with Crippen LogP contribution in [-0.2, 0) is 4.79 Å². The molecular formula is C19H22FN3OS. The van der Waals surface area contributed by atoms with Crippen molar-refractivity contribution in [2.24, 2.45) is 10.7 Å². The molecule has 6 heteroatoms. The fraction of sp³-hybridized carbons (Fsp3) is 0.316. The minimum atomic E-state index is -0.516. The van der Waals surface area contributed by atoms with Gasteiger partial charge in [-0.3, -0.25) is 4.79 Å². The zero-order valence-electron chi connectivity index (χ0n) is 14.6. The Morgan fingerprint density at radius 3 is 2.72 bits per heavy atom. The summed E-state index contributed by atoms with van der Waals surface area (Å²) in [6, 6.07) is 10.3. The number of aliphatic imine (C=N–C) groups is 1. The number of hydrogen-bond donors (Lipinski definition) is 1. The van der Waals surface area contributed by atoms with E-state index in [0.29, 0.717) is 18.7 Å². The van der Waals surface area contributed by atoms with Gasteiger partial charge in [0.1, 0.15) is 17.7 Å². The fourth-order valence-corrected chi connectivity index (χ4v) is 3.50. The molecule has 1 heterocycles. The number of nitrogens with two attached hydrogens (primary N) is 1. The predicted molar refractivity (Wildman–Crippen MR) is 101 cm³/mol. The van der Waals surface area contributed by atoms with Gasteiger partial charge in [-0.05, 0) is 36.2 Å². The van der Waals surface area contributed by atoms with Crippen molar-refractivity contribution in [3.63, 3.8) is 0 Å². The van der Waals surface area contributed by atoms with Gasteiger partial charge in [0, 0.05) is 22.1 Å². The van der Waals surface area contributed by atoms with Gasteiger partial charge in [-0.2, -0.15) is 5.26 Å². The maximum Gasteiger partial charge on any atom is 0.234 e. The van der Waals surface area contributed by atoms with Crippen LogP contribution in [0, 0.1) is 17.1 Å². The van der Waals surface area contributed by atoms with E-state index in [9.17, 15) is 9.18 Å². The number of amidine groups is 1. The number of carbonyl (C=O) groups is 1. The molecule has 1 aromatic carbocycles. The Kier molecular flexibility index (Phi) is 8.51. The van der Waals surface area contributed by atoms with Gasteiger partial charge < -0.3 is 5.73 Å². The number of carbonyl (C=O) groups excluding carboxylic acids is 1. The lowest BCUT2D eigenvalue weighted by Gasteiger charge is -2.11. The minimum absolute atomic E-state index is 0.0341. The molecule has 1 unspecified atom stereocenters. The molecule has 4 nitrogen and oxygen atoms in total. The third-order valence-electron chi connectivity index (χ3n) is 3.57. The highest BCUT2D eigenvalue weighted by Crippen LogP contribution is 2.35. The van der Waals surface area contributed by atoms with Gasteiger partial charge in [-0.1, -0.05) is 26.8 Å². The second-order valence-corrected chi connectivity index (χ2v) is 6.16. The first kappa shape index (κ1) is 20.5. The maximum absolute atomic E-state index is 13.4. The summed E-state index contributed by atoms with van der Waals surface area (Å²) < 4.78 is 13.4. The maximum atomic E-state index is 13.4. The molecule has 0 aliphatic heterocycles. The Morgan fingerprint density at radius 1 is 1.40 bits per heavy atom. The van der Waals surface area contributed by atoms with Crippen LogP contribution in [0.3, 0.4) is 0 Å². The number of benzene rings is 1. The van der Waals surface area contributed by atoms with Gasteiger partial charge in [0.15, 0.2) is 0 Å². The molecular weight excluding hydrogens is 337 g/mol. The molecule has 2 N–H and O–H groups in total. The summed E-state index contributed by atoms with van der Waals surface area (Å²) in [6.07, 6.45) is 1.83. The molecule has 0 radical (unpaired) electrons. The number of halogens is 1. The first-order chi connectivity index (χ1) is 12.1. The van der Waals surface area contributed by atoms with Crippen molar-refractivity contribution in [2.75, 3.05) is 0 Å². The summed E-state index contributed by atoms with van der Waals surface area (Å²) >= 11 is 1.57. The van der Waals surface area contributed by atoms with E-state index < -0.39 is 5.82 Å². The van der Waals surface area contributed by atoms with E-state index in [1.807, 2.05) is 39.0 Å². The fourth-order valence-electron chi connectivity index (χ4n) is 2.31. The molecule has 0 aliphatic rings. The van der Waals surface area contributed by atoms with Crippen molar-refractivity contribution in [3.05, 3.63) is 46.6 Å². The summed E-state index contributed by atoms with van der Waals surface area (Å²) in [5, 5.41) is 8.93. The highest BCUT2D eigenvalue weighted by Gasteiger charge is 2.15. The molecule has 0 saturated carbocycles. The number of hydrogen-bond acceptors (Lipinski definition) is 3. The number of rotatable bonds is 6. The third kappa shape index (κ3) is 5.50. The van der Waals surface area contributed by atoms with Gasteiger partial charge in [-0.15, -0.1) is 11.3 Å². The van der Waals surface area contributed by atoms with Crippen LogP contribution in [0.2, 0.25) is 0 Å². The Hall–Kier alpha value is -2.52. The minimum Gasteiger partial charge on any atom is -0.387 e. The third-order valence-corrected chi connectivity index (χ3v) is 4.86. The second-order valence-electron chi connectivity index (χ2n) is 5.04. The molecule has 25 heavy (non-hydrogen) atoms. The van der Waals surface area contributed by atoms with Crippen molar-refractivity contribution in [1.29, 1.82) is 5.26 Å². The molecule has 1 atom stereocenters. The van der Waals surface area contributed by atoms with Crippen molar-refractivity contribution in [3.8, 4) is 16.5 Å². The summed E-state index contributed by atoms with van der Waals surface area (Å²) in [4.78, 5) is 16.0. The Bertz CT molecular complexity index is 777. The summed E-state index contributed by atoms with van der Waals surface area (Å²) in [5.41, 5.74) is 6.56. The van der Waals surface area contributed by atoms with Gasteiger partial charge in [0.05, 0.1) is 5.56 Å². The van der Waals surface area contributed by atoms with Crippen LogP contribution in [0.5, 0.6) is 0 Å². The SMILES string of the molecule is CC.CCC(CC(N)=NC=O)c1ccc(-c2ccc(F)c(C#N)c2)s1. The Balaban J connectivity index is 0.00000151. The first-order valence-corrected chi connectivity index (χ1v) is 8.96. The molecule has 132 valence electrons. The lowest BCUT2D eigenvalue weighted by Crippen LogP contribution is -2.15. The average Bonchev–Trinajstić information content (AvgIpc) is 3.12. The Labute approximate surface area is 151 Å². The standard InChI is InChI=1S/C17H16FN3OS.C2H6/c1-2-11(8-17(20)21-10-22)15-5-6-16(23-15)12-3-4-14(18)13(7-12)9-19;1-2/h3-7,10-11H,2,8H2,1H3,(H2,20,21,22);1-2H3. The molecule has 2 rings (SSSR count). The Morgan fingerprint density at radius 2 is 2.12 bits per heavy atom.